The van der Waals surface area contributed by atoms with Crippen LogP contribution in [0, 0.1) is 10.1 Å². The van der Waals surface area contributed by atoms with Crippen molar-refractivity contribution < 1.29 is 18.1 Å². The Balaban J connectivity index is 1.48. The largest absolute Gasteiger partial charge is 0.371 e. The number of amides is 1. The number of fused-ring (bicyclic) bond motifs is 1. The second-order valence-electron chi connectivity index (χ2n) is 7.68. The summed E-state index contributed by atoms with van der Waals surface area (Å²) in [5, 5.41) is 14.0. The van der Waals surface area contributed by atoms with Gasteiger partial charge in [0.25, 0.3) is 5.69 Å². The average Bonchev–Trinajstić information content (AvgIpc) is 3.21. The number of sulfonamides is 1. The highest BCUT2D eigenvalue weighted by molar-refractivity contribution is 7.89. The molecule has 2 aliphatic heterocycles. The standard InChI is InChI=1S/C21H24N4O5S/c26-21(15-22-18-6-2-3-7-20(18)25(27)28)24-13-10-16-14-17(8-9-19(16)24)31(29,30)23-11-4-1-5-12-23/h2-3,6-9,14,22H,1,4-5,10-13,15H2. The Morgan fingerprint density at radius 2 is 1.81 bits per heavy atom. The van der Waals surface area contributed by atoms with Crippen LogP contribution in [0.4, 0.5) is 17.1 Å². The monoisotopic (exact) mass is 444 g/mol. The normalized spacial score (nSPS) is 16.7. The summed E-state index contributed by atoms with van der Waals surface area (Å²) in [6, 6.07) is 11.1. The lowest BCUT2D eigenvalue weighted by molar-refractivity contribution is -0.383. The molecule has 2 heterocycles. The molecular formula is C21H24N4O5S. The van der Waals surface area contributed by atoms with Crippen molar-refractivity contribution in [3.63, 3.8) is 0 Å². The third-order valence-corrected chi connectivity index (χ3v) is 7.63. The van der Waals surface area contributed by atoms with E-state index in [1.165, 1.54) is 10.4 Å². The maximum Gasteiger partial charge on any atom is 0.292 e. The van der Waals surface area contributed by atoms with Crippen LogP contribution in [0.5, 0.6) is 0 Å². The third-order valence-electron chi connectivity index (χ3n) is 5.73. The number of rotatable bonds is 6. The smallest absolute Gasteiger partial charge is 0.292 e. The molecule has 0 radical (unpaired) electrons. The van der Waals surface area contributed by atoms with Crippen molar-refractivity contribution in [1.29, 1.82) is 0 Å². The average molecular weight is 445 g/mol. The van der Waals surface area contributed by atoms with Gasteiger partial charge in [0.2, 0.25) is 15.9 Å². The van der Waals surface area contributed by atoms with E-state index in [1.807, 2.05) is 0 Å². The maximum atomic E-state index is 12.9. The highest BCUT2D eigenvalue weighted by atomic mass is 32.2. The number of nitrogens with one attached hydrogen (secondary N) is 1. The van der Waals surface area contributed by atoms with Gasteiger partial charge in [-0.1, -0.05) is 18.6 Å². The molecule has 0 bridgehead atoms. The fourth-order valence-corrected chi connectivity index (χ4v) is 5.67. The van der Waals surface area contributed by atoms with Gasteiger partial charge in [-0.2, -0.15) is 4.31 Å². The molecule has 2 aliphatic rings. The number of nitro groups is 1. The molecule has 0 saturated carbocycles. The molecule has 0 atom stereocenters. The van der Waals surface area contributed by atoms with Crippen molar-refractivity contribution in [3.8, 4) is 0 Å². The van der Waals surface area contributed by atoms with E-state index >= 15 is 0 Å². The quantitative estimate of drug-likeness (QED) is 0.541. The Kier molecular flexibility index (Phi) is 5.92. The predicted molar refractivity (Wildman–Crippen MR) is 117 cm³/mol. The molecule has 31 heavy (non-hydrogen) atoms. The fourth-order valence-electron chi connectivity index (χ4n) is 4.10. The van der Waals surface area contributed by atoms with E-state index in [-0.39, 0.29) is 28.7 Å². The van der Waals surface area contributed by atoms with Crippen LogP contribution in [0.25, 0.3) is 0 Å². The Bertz CT molecular complexity index is 1110. The van der Waals surface area contributed by atoms with Gasteiger partial charge in [-0.05, 0) is 49.1 Å². The minimum absolute atomic E-state index is 0.0929. The van der Waals surface area contributed by atoms with Crippen LogP contribution in [0.15, 0.2) is 47.4 Å². The molecule has 9 nitrogen and oxygen atoms in total. The van der Waals surface area contributed by atoms with Crippen LogP contribution >= 0.6 is 0 Å². The molecule has 1 fully saturated rings. The lowest BCUT2D eigenvalue weighted by Crippen LogP contribution is -2.35. The molecular weight excluding hydrogens is 420 g/mol. The van der Waals surface area contributed by atoms with Crippen molar-refractivity contribution >= 4 is 33.0 Å². The molecule has 0 aliphatic carbocycles. The Morgan fingerprint density at radius 3 is 2.55 bits per heavy atom. The van der Waals surface area contributed by atoms with Gasteiger partial charge >= 0.3 is 0 Å². The van der Waals surface area contributed by atoms with Gasteiger partial charge in [0.15, 0.2) is 0 Å². The van der Waals surface area contributed by atoms with Crippen molar-refractivity contribution in [2.45, 2.75) is 30.6 Å². The van der Waals surface area contributed by atoms with E-state index in [4.69, 9.17) is 0 Å². The zero-order valence-corrected chi connectivity index (χ0v) is 17.8. The van der Waals surface area contributed by atoms with Crippen LogP contribution in [0.1, 0.15) is 24.8 Å². The summed E-state index contributed by atoms with van der Waals surface area (Å²) < 4.78 is 27.4. The van der Waals surface area contributed by atoms with Gasteiger partial charge in [-0.3, -0.25) is 14.9 Å². The summed E-state index contributed by atoms with van der Waals surface area (Å²) in [6.45, 7) is 1.43. The fraction of sp³-hybridized carbons (Fsp3) is 0.381. The number of hydrogen-bond acceptors (Lipinski definition) is 6. The molecule has 2 aromatic rings. The molecule has 0 spiro atoms. The van der Waals surface area contributed by atoms with Crippen molar-refractivity contribution in [1.82, 2.24) is 4.31 Å². The Morgan fingerprint density at radius 1 is 1.06 bits per heavy atom. The number of carbonyl (C=O) groups excluding carboxylic acids is 1. The predicted octanol–water partition coefficient (Wildman–Crippen LogP) is 2.77. The summed E-state index contributed by atoms with van der Waals surface area (Å²) in [5.41, 5.74) is 1.69. The minimum atomic E-state index is -3.53. The lowest BCUT2D eigenvalue weighted by atomic mass is 10.2. The van der Waals surface area contributed by atoms with Gasteiger partial charge in [-0.25, -0.2) is 8.42 Å². The summed E-state index contributed by atoms with van der Waals surface area (Å²) in [4.78, 5) is 25.2. The zero-order chi connectivity index (χ0) is 22.0. The molecule has 1 N–H and O–H groups in total. The molecule has 0 unspecified atom stereocenters. The summed E-state index contributed by atoms with van der Waals surface area (Å²) in [5.74, 6) is -0.233. The number of carbonyl (C=O) groups is 1. The minimum Gasteiger partial charge on any atom is -0.371 e. The van der Waals surface area contributed by atoms with E-state index in [0.717, 1.165) is 24.8 Å². The number of nitrogens with zero attached hydrogens (tertiary/aromatic N) is 3. The molecule has 4 rings (SSSR count). The first-order valence-corrected chi connectivity index (χ1v) is 11.7. The van der Waals surface area contributed by atoms with Crippen LogP contribution in [-0.4, -0.2) is 49.7 Å². The maximum absolute atomic E-state index is 12.9. The first-order chi connectivity index (χ1) is 14.9. The zero-order valence-electron chi connectivity index (χ0n) is 17.0. The van der Waals surface area contributed by atoms with Crippen LogP contribution in [-0.2, 0) is 21.2 Å². The summed E-state index contributed by atoms with van der Waals surface area (Å²) >= 11 is 0. The number of para-hydroxylation sites is 2. The Labute approximate surface area is 180 Å². The van der Waals surface area contributed by atoms with E-state index in [2.05, 4.69) is 5.32 Å². The number of anilines is 2. The van der Waals surface area contributed by atoms with Crippen LogP contribution < -0.4 is 10.2 Å². The van der Waals surface area contributed by atoms with Gasteiger partial charge in [0.05, 0.1) is 16.4 Å². The third kappa shape index (κ3) is 4.26. The Hall–Kier alpha value is -2.98. The molecule has 0 aromatic heterocycles. The number of hydrogen-bond donors (Lipinski definition) is 1. The summed E-state index contributed by atoms with van der Waals surface area (Å²) in [7, 11) is -3.53. The number of benzene rings is 2. The van der Waals surface area contributed by atoms with Crippen LogP contribution in [0.2, 0.25) is 0 Å². The van der Waals surface area contributed by atoms with E-state index in [9.17, 15) is 23.3 Å². The number of nitro benzene ring substituents is 1. The van der Waals surface area contributed by atoms with E-state index in [1.54, 1.807) is 41.3 Å². The molecule has 1 amide bonds. The highest BCUT2D eigenvalue weighted by Crippen LogP contribution is 2.32. The summed E-state index contributed by atoms with van der Waals surface area (Å²) in [6.07, 6.45) is 3.36. The molecule has 10 heteroatoms. The van der Waals surface area contributed by atoms with Gasteiger partial charge < -0.3 is 10.2 Å². The van der Waals surface area contributed by atoms with Crippen LogP contribution in [0.3, 0.4) is 0 Å². The van der Waals surface area contributed by atoms with Crippen molar-refractivity contribution in [2.75, 3.05) is 36.4 Å². The van der Waals surface area contributed by atoms with Crippen molar-refractivity contribution in [2.24, 2.45) is 0 Å². The topological polar surface area (TPSA) is 113 Å². The first-order valence-electron chi connectivity index (χ1n) is 10.3. The lowest BCUT2D eigenvalue weighted by Gasteiger charge is -2.26. The van der Waals surface area contributed by atoms with Gasteiger partial charge in [0.1, 0.15) is 5.69 Å². The van der Waals surface area contributed by atoms with E-state index < -0.39 is 14.9 Å². The second-order valence-corrected chi connectivity index (χ2v) is 9.62. The molecule has 1 saturated heterocycles. The van der Waals surface area contributed by atoms with Gasteiger partial charge in [-0.15, -0.1) is 0 Å². The van der Waals surface area contributed by atoms with E-state index in [0.29, 0.717) is 31.7 Å². The second kappa shape index (κ2) is 8.64. The first kappa shape index (κ1) is 21.3. The molecule has 164 valence electrons. The van der Waals surface area contributed by atoms with Crippen molar-refractivity contribution in [3.05, 3.63) is 58.1 Å². The SMILES string of the molecule is O=C(CNc1ccccc1[N+](=O)[O-])N1CCc2cc(S(=O)(=O)N3CCCCC3)ccc21. The number of piperidine rings is 1. The highest BCUT2D eigenvalue weighted by Gasteiger charge is 2.30. The molecule has 2 aromatic carbocycles. The van der Waals surface area contributed by atoms with Gasteiger partial charge in [0, 0.05) is 31.4 Å².